The minimum Gasteiger partial charge on any atom is -0.391 e. The predicted octanol–water partition coefficient (Wildman–Crippen LogP) is 3.00. The van der Waals surface area contributed by atoms with E-state index in [2.05, 4.69) is 22.8 Å². The molecule has 1 aliphatic rings. The molecule has 2 amide bonds. The number of carbonyl (C=O) groups excluding carboxylic acids is 1. The summed E-state index contributed by atoms with van der Waals surface area (Å²) >= 11 is 0. The van der Waals surface area contributed by atoms with Gasteiger partial charge in [-0.3, -0.25) is 0 Å². The van der Waals surface area contributed by atoms with Gasteiger partial charge in [-0.2, -0.15) is 0 Å². The lowest BCUT2D eigenvalue weighted by Crippen LogP contribution is -2.42. The first-order chi connectivity index (χ1) is 11.7. The van der Waals surface area contributed by atoms with Crippen LogP contribution < -0.4 is 10.6 Å². The Labute approximate surface area is 144 Å². The second-order valence-electron chi connectivity index (χ2n) is 6.58. The highest BCUT2D eigenvalue weighted by Crippen LogP contribution is 2.34. The summed E-state index contributed by atoms with van der Waals surface area (Å²) in [5.74, 6) is 0.492. The second-order valence-corrected chi connectivity index (χ2v) is 6.58. The fourth-order valence-corrected chi connectivity index (χ4v) is 3.42. The van der Waals surface area contributed by atoms with E-state index in [9.17, 15) is 9.90 Å². The van der Waals surface area contributed by atoms with E-state index in [-0.39, 0.29) is 18.7 Å². The van der Waals surface area contributed by atoms with Gasteiger partial charge >= 0.3 is 6.03 Å². The van der Waals surface area contributed by atoms with E-state index in [0.29, 0.717) is 18.9 Å². The van der Waals surface area contributed by atoms with Crippen LogP contribution in [0, 0.1) is 5.92 Å². The van der Waals surface area contributed by atoms with Crippen LogP contribution in [0.5, 0.6) is 0 Å². The number of ether oxygens (including phenoxy) is 1. The van der Waals surface area contributed by atoms with Crippen molar-refractivity contribution in [2.45, 2.75) is 50.7 Å². The molecule has 0 heterocycles. The van der Waals surface area contributed by atoms with Crippen molar-refractivity contribution in [3.63, 3.8) is 0 Å². The lowest BCUT2D eigenvalue weighted by atomic mass is 9.81. The maximum absolute atomic E-state index is 12.3. The normalized spacial score (nSPS) is 17.9. The molecule has 1 aromatic rings. The first kappa shape index (κ1) is 18.7. The third-order valence-electron chi connectivity index (χ3n) is 4.69. The van der Waals surface area contributed by atoms with Crippen molar-refractivity contribution in [1.82, 2.24) is 10.6 Å². The standard InChI is InChI=1S/C19H30N2O3/c1-24-14-17(22)12-13-20-19(23)21-18(15-8-4-2-5-9-15)16-10-6-3-7-11-16/h2,4-5,8-9,16-18,22H,3,6-7,10-14H2,1H3,(H2,20,21,23). The van der Waals surface area contributed by atoms with Gasteiger partial charge in [-0.05, 0) is 30.7 Å². The van der Waals surface area contributed by atoms with Gasteiger partial charge < -0.3 is 20.5 Å². The Morgan fingerprint density at radius 1 is 1.25 bits per heavy atom. The van der Waals surface area contributed by atoms with Crippen molar-refractivity contribution in [3.05, 3.63) is 35.9 Å². The molecule has 2 atom stereocenters. The maximum Gasteiger partial charge on any atom is 0.315 e. The van der Waals surface area contributed by atoms with Gasteiger partial charge in [0.2, 0.25) is 0 Å². The molecule has 3 N–H and O–H groups in total. The molecular formula is C19H30N2O3. The zero-order valence-electron chi connectivity index (χ0n) is 14.5. The van der Waals surface area contributed by atoms with Crippen molar-refractivity contribution in [2.24, 2.45) is 5.92 Å². The molecule has 1 saturated carbocycles. The van der Waals surface area contributed by atoms with Gasteiger partial charge in [-0.1, -0.05) is 49.6 Å². The van der Waals surface area contributed by atoms with Gasteiger partial charge in [-0.25, -0.2) is 4.79 Å². The monoisotopic (exact) mass is 334 g/mol. The Hall–Kier alpha value is -1.59. The maximum atomic E-state index is 12.3. The summed E-state index contributed by atoms with van der Waals surface area (Å²) in [6.45, 7) is 0.723. The number of benzene rings is 1. The van der Waals surface area contributed by atoms with Crippen LogP contribution in [0.3, 0.4) is 0 Å². The molecular weight excluding hydrogens is 304 g/mol. The summed E-state index contributed by atoms with van der Waals surface area (Å²) in [4.78, 5) is 12.3. The van der Waals surface area contributed by atoms with Gasteiger partial charge in [0.15, 0.2) is 0 Å². The molecule has 0 radical (unpaired) electrons. The van der Waals surface area contributed by atoms with Gasteiger partial charge in [-0.15, -0.1) is 0 Å². The highest BCUT2D eigenvalue weighted by atomic mass is 16.5. The number of methoxy groups -OCH3 is 1. The summed E-state index contributed by atoms with van der Waals surface area (Å²) in [6, 6.07) is 10.1. The van der Waals surface area contributed by atoms with Crippen LogP contribution in [-0.4, -0.2) is 37.5 Å². The number of hydrogen-bond donors (Lipinski definition) is 3. The van der Waals surface area contributed by atoms with Crippen molar-refractivity contribution in [2.75, 3.05) is 20.3 Å². The molecule has 1 aliphatic carbocycles. The topological polar surface area (TPSA) is 70.6 Å². The fourth-order valence-electron chi connectivity index (χ4n) is 3.42. The van der Waals surface area contributed by atoms with E-state index in [1.165, 1.54) is 24.8 Å². The fraction of sp³-hybridized carbons (Fsp3) is 0.632. The molecule has 1 fully saturated rings. The highest BCUT2D eigenvalue weighted by molar-refractivity contribution is 5.74. The van der Waals surface area contributed by atoms with Crippen molar-refractivity contribution in [1.29, 1.82) is 0 Å². The number of aliphatic hydroxyl groups excluding tert-OH is 1. The van der Waals surface area contributed by atoms with Gasteiger partial charge in [0, 0.05) is 13.7 Å². The van der Waals surface area contributed by atoms with Crippen molar-refractivity contribution in [3.8, 4) is 0 Å². The number of rotatable bonds is 8. The lowest BCUT2D eigenvalue weighted by molar-refractivity contribution is 0.0598. The van der Waals surface area contributed by atoms with Crippen LogP contribution >= 0.6 is 0 Å². The number of nitrogens with one attached hydrogen (secondary N) is 2. The number of amides is 2. The second kappa shape index (κ2) is 10.3. The molecule has 0 bridgehead atoms. The molecule has 0 saturated heterocycles. The summed E-state index contributed by atoms with van der Waals surface area (Å²) in [5, 5.41) is 15.6. The van der Waals surface area contributed by atoms with Crippen LogP contribution in [-0.2, 0) is 4.74 Å². The van der Waals surface area contributed by atoms with E-state index in [4.69, 9.17) is 4.74 Å². The van der Waals surface area contributed by atoms with Crippen LogP contribution in [0.1, 0.15) is 50.1 Å². The average molecular weight is 334 g/mol. The van der Waals surface area contributed by atoms with E-state index in [1.54, 1.807) is 7.11 Å². The molecule has 0 spiro atoms. The summed E-state index contributed by atoms with van der Waals surface area (Å²) < 4.78 is 4.88. The average Bonchev–Trinajstić information content (AvgIpc) is 2.61. The summed E-state index contributed by atoms with van der Waals surface area (Å²) in [5.41, 5.74) is 1.17. The van der Waals surface area contributed by atoms with Crippen LogP contribution in [0.25, 0.3) is 0 Å². The Bertz CT molecular complexity index is 475. The predicted molar refractivity (Wildman–Crippen MR) is 94.8 cm³/mol. The first-order valence-electron chi connectivity index (χ1n) is 8.97. The van der Waals surface area contributed by atoms with Crippen molar-refractivity contribution >= 4 is 6.03 Å². The SMILES string of the molecule is COCC(O)CCNC(=O)NC(c1ccccc1)C1CCCCC1. The number of carbonyl (C=O) groups is 1. The minimum atomic E-state index is -0.543. The van der Waals surface area contributed by atoms with Crippen LogP contribution in [0.2, 0.25) is 0 Å². The van der Waals surface area contributed by atoms with E-state index < -0.39 is 6.10 Å². The molecule has 5 heteroatoms. The van der Waals surface area contributed by atoms with Gasteiger partial charge in [0.1, 0.15) is 0 Å². The molecule has 2 unspecified atom stereocenters. The summed E-state index contributed by atoms with van der Waals surface area (Å²) in [7, 11) is 1.55. The molecule has 5 nitrogen and oxygen atoms in total. The Kier molecular flexibility index (Phi) is 8.05. The minimum absolute atomic E-state index is 0.0513. The first-order valence-corrected chi connectivity index (χ1v) is 8.97. The van der Waals surface area contributed by atoms with E-state index >= 15 is 0 Å². The van der Waals surface area contributed by atoms with E-state index in [0.717, 1.165) is 12.8 Å². The number of hydrogen-bond acceptors (Lipinski definition) is 3. The molecule has 0 aromatic heterocycles. The number of urea groups is 1. The highest BCUT2D eigenvalue weighted by Gasteiger charge is 2.26. The molecule has 24 heavy (non-hydrogen) atoms. The summed E-state index contributed by atoms with van der Waals surface area (Å²) in [6.07, 6.45) is 6.03. The third kappa shape index (κ3) is 6.13. The number of aliphatic hydroxyl groups is 1. The molecule has 134 valence electrons. The van der Waals surface area contributed by atoms with Gasteiger partial charge in [0.05, 0.1) is 18.8 Å². The molecule has 1 aromatic carbocycles. The van der Waals surface area contributed by atoms with Crippen LogP contribution in [0.15, 0.2) is 30.3 Å². The van der Waals surface area contributed by atoms with Crippen LogP contribution in [0.4, 0.5) is 4.79 Å². The smallest absolute Gasteiger partial charge is 0.315 e. The van der Waals surface area contributed by atoms with Crippen molar-refractivity contribution < 1.29 is 14.6 Å². The van der Waals surface area contributed by atoms with Gasteiger partial charge in [0.25, 0.3) is 0 Å². The molecule has 0 aliphatic heterocycles. The Balaban J connectivity index is 1.89. The zero-order valence-corrected chi connectivity index (χ0v) is 14.5. The largest absolute Gasteiger partial charge is 0.391 e. The zero-order chi connectivity index (χ0) is 17.2. The Morgan fingerprint density at radius 2 is 1.96 bits per heavy atom. The molecule has 2 rings (SSSR count). The quantitative estimate of drug-likeness (QED) is 0.684. The Morgan fingerprint density at radius 3 is 2.62 bits per heavy atom. The third-order valence-corrected chi connectivity index (χ3v) is 4.69. The lowest BCUT2D eigenvalue weighted by Gasteiger charge is -2.31. The van der Waals surface area contributed by atoms with E-state index in [1.807, 2.05) is 18.2 Å².